The predicted octanol–water partition coefficient (Wildman–Crippen LogP) is 5.48. The van der Waals surface area contributed by atoms with Crippen LogP contribution in [0.25, 0.3) is 4.91 Å². The summed E-state index contributed by atoms with van der Waals surface area (Å²) in [4.78, 5) is 24.7. The lowest BCUT2D eigenvalue weighted by atomic mass is 9.91. The first kappa shape index (κ1) is 23.7. The number of aromatic nitrogens is 1. The summed E-state index contributed by atoms with van der Waals surface area (Å²) in [5.41, 5.74) is 2.37. The zero-order valence-electron chi connectivity index (χ0n) is 18.9. The van der Waals surface area contributed by atoms with Crippen LogP contribution in [0.1, 0.15) is 63.6 Å². The Labute approximate surface area is 191 Å². The number of likely N-dealkylation sites (tertiary alicyclic amines) is 1. The Kier molecular flexibility index (Phi) is 9.82. The van der Waals surface area contributed by atoms with Crippen molar-refractivity contribution in [1.29, 1.82) is 0 Å². The topological polar surface area (TPSA) is 54.8 Å². The lowest BCUT2D eigenvalue weighted by molar-refractivity contribution is -0.114. The summed E-state index contributed by atoms with van der Waals surface area (Å²) in [6, 6.07) is 4.39. The third kappa shape index (κ3) is 7.62. The van der Waals surface area contributed by atoms with Crippen LogP contribution in [0.4, 0.5) is 0 Å². The standard InChI is InChI=1S/C25H35N3O2S/c1-3-7-24(31-4-2)22-11-10-21(18-27-22)19-28-15-12-20(13-16-28)8-5-9-23(29)25-26-14-6-17-30-25/h6-7,10-11,14,18,20H,3-5,8-9,12-13,15-17,19H2,1-2H3/b24-7-. The molecule has 1 aromatic rings. The van der Waals surface area contributed by atoms with Crippen LogP contribution in [0, 0.1) is 5.92 Å². The smallest absolute Gasteiger partial charge is 0.258 e. The van der Waals surface area contributed by atoms with E-state index in [4.69, 9.17) is 9.72 Å². The number of aliphatic imine (C=N–C) groups is 1. The first-order chi connectivity index (χ1) is 15.2. The average Bonchev–Trinajstić information content (AvgIpc) is 2.81. The summed E-state index contributed by atoms with van der Waals surface area (Å²) in [5, 5.41) is 0. The van der Waals surface area contributed by atoms with Gasteiger partial charge in [-0.25, -0.2) is 4.99 Å². The molecule has 1 fully saturated rings. The van der Waals surface area contributed by atoms with E-state index in [9.17, 15) is 4.79 Å². The second kappa shape index (κ2) is 12.8. The van der Waals surface area contributed by atoms with Crippen molar-refractivity contribution in [2.75, 3.05) is 25.4 Å². The van der Waals surface area contributed by atoms with E-state index < -0.39 is 0 Å². The third-order valence-electron chi connectivity index (χ3n) is 5.75. The van der Waals surface area contributed by atoms with Crippen LogP contribution in [0.5, 0.6) is 0 Å². The van der Waals surface area contributed by atoms with E-state index in [-0.39, 0.29) is 11.7 Å². The Morgan fingerprint density at radius 2 is 2.13 bits per heavy atom. The van der Waals surface area contributed by atoms with Crippen LogP contribution in [-0.4, -0.2) is 47.0 Å². The summed E-state index contributed by atoms with van der Waals surface area (Å²) in [6.45, 7) is 8.01. The maximum Gasteiger partial charge on any atom is 0.258 e. The number of pyridine rings is 1. The zero-order valence-corrected chi connectivity index (χ0v) is 19.7. The molecule has 2 aliphatic heterocycles. The van der Waals surface area contributed by atoms with Gasteiger partial charge < -0.3 is 4.74 Å². The SMILES string of the molecule is CC/C=C(\SCC)c1ccc(CN2CCC(CCCC(=O)C3=NC=CCO3)CC2)cn1. The lowest BCUT2D eigenvalue weighted by Gasteiger charge is -2.32. The summed E-state index contributed by atoms with van der Waals surface area (Å²) >= 11 is 1.86. The highest BCUT2D eigenvalue weighted by molar-refractivity contribution is 8.08. The van der Waals surface area contributed by atoms with Gasteiger partial charge in [0.1, 0.15) is 6.61 Å². The van der Waals surface area contributed by atoms with Crippen LogP contribution in [0.2, 0.25) is 0 Å². The second-order valence-corrected chi connectivity index (χ2v) is 9.43. The molecule has 0 spiro atoms. The fourth-order valence-electron chi connectivity index (χ4n) is 4.07. The Hall–Kier alpha value is -1.92. The minimum absolute atomic E-state index is 0.0343. The number of rotatable bonds is 11. The third-order valence-corrected chi connectivity index (χ3v) is 6.72. The molecule has 0 atom stereocenters. The average molecular weight is 442 g/mol. The van der Waals surface area contributed by atoms with Crippen molar-refractivity contribution in [2.24, 2.45) is 10.9 Å². The molecule has 0 aliphatic carbocycles. The van der Waals surface area contributed by atoms with Gasteiger partial charge in [0.05, 0.1) is 5.69 Å². The monoisotopic (exact) mass is 441 g/mol. The maximum atomic E-state index is 12.1. The van der Waals surface area contributed by atoms with Crippen molar-refractivity contribution in [1.82, 2.24) is 9.88 Å². The molecule has 0 N–H and O–H groups in total. The summed E-state index contributed by atoms with van der Waals surface area (Å²) < 4.78 is 5.30. The number of thioether (sulfide) groups is 1. The first-order valence-electron chi connectivity index (χ1n) is 11.6. The van der Waals surface area contributed by atoms with Gasteiger partial charge in [0, 0.05) is 30.3 Å². The number of hydrogen-bond donors (Lipinski definition) is 0. The highest BCUT2D eigenvalue weighted by Crippen LogP contribution is 2.27. The highest BCUT2D eigenvalue weighted by atomic mass is 32.2. The molecular weight excluding hydrogens is 406 g/mol. The molecule has 2 aliphatic rings. The lowest BCUT2D eigenvalue weighted by Crippen LogP contribution is -2.33. The molecule has 3 rings (SSSR count). The number of Topliss-reactive ketones (excluding diaryl/α,β-unsaturated/α-hetero) is 1. The molecule has 0 radical (unpaired) electrons. The molecule has 0 saturated carbocycles. The van der Waals surface area contributed by atoms with Crippen molar-refractivity contribution < 1.29 is 9.53 Å². The summed E-state index contributed by atoms with van der Waals surface area (Å²) in [6.07, 6.45) is 13.8. The van der Waals surface area contributed by atoms with E-state index in [0.717, 1.165) is 50.3 Å². The Bertz CT molecular complexity index is 793. The zero-order chi connectivity index (χ0) is 21.9. The number of carbonyl (C=O) groups is 1. The molecule has 0 unspecified atom stereocenters. The van der Waals surface area contributed by atoms with Crippen molar-refractivity contribution in [3.63, 3.8) is 0 Å². The van der Waals surface area contributed by atoms with Gasteiger partial charge in [0.2, 0.25) is 5.78 Å². The summed E-state index contributed by atoms with van der Waals surface area (Å²) in [5.74, 6) is 2.10. The normalized spacial score (nSPS) is 18.0. The quantitative estimate of drug-likeness (QED) is 0.455. The number of ether oxygens (including phenoxy) is 1. The fourth-order valence-corrected chi connectivity index (χ4v) is 4.94. The van der Waals surface area contributed by atoms with E-state index in [0.29, 0.717) is 18.9 Å². The maximum absolute atomic E-state index is 12.1. The van der Waals surface area contributed by atoms with Crippen molar-refractivity contribution >= 4 is 28.3 Å². The van der Waals surface area contributed by atoms with Crippen LogP contribution >= 0.6 is 11.8 Å². The van der Waals surface area contributed by atoms with E-state index in [1.165, 1.54) is 23.3 Å². The number of ketones is 1. The number of carbonyl (C=O) groups excluding carboxylic acids is 1. The van der Waals surface area contributed by atoms with Crippen LogP contribution in [0.3, 0.4) is 0 Å². The number of piperidine rings is 1. The molecule has 0 amide bonds. The Morgan fingerprint density at radius 1 is 1.29 bits per heavy atom. The van der Waals surface area contributed by atoms with Gasteiger partial charge >= 0.3 is 0 Å². The van der Waals surface area contributed by atoms with Gasteiger partial charge in [-0.3, -0.25) is 14.7 Å². The molecule has 168 valence electrons. The number of nitrogens with zero attached hydrogens (tertiary/aromatic N) is 3. The minimum Gasteiger partial charge on any atom is -0.471 e. The Balaban J connectivity index is 1.38. The predicted molar refractivity (Wildman–Crippen MR) is 130 cm³/mol. The van der Waals surface area contributed by atoms with Crippen molar-refractivity contribution in [3.8, 4) is 0 Å². The largest absolute Gasteiger partial charge is 0.471 e. The molecule has 1 aromatic heterocycles. The van der Waals surface area contributed by atoms with Gasteiger partial charge in [0.25, 0.3) is 5.90 Å². The molecule has 0 bridgehead atoms. The van der Waals surface area contributed by atoms with E-state index in [1.54, 1.807) is 12.3 Å². The Morgan fingerprint density at radius 3 is 2.77 bits per heavy atom. The molecule has 0 aromatic carbocycles. The fraction of sp³-hybridized carbons (Fsp3) is 0.560. The van der Waals surface area contributed by atoms with E-state index >= 15 is 0 Å². The first-order valence-corrected chi connectivity index (χ1v) is 12.6. The van der Waals surface area contributed by atoms with Crippen LogP contribution < -0.4 is 0 Å². The van der Waals surface area contributed by atoms with Gasteiger partial charge in [0.15, 0.2) is 0 Å². The van der Waals surface area contributed by atoms with Crippen molar-refractivity contribution in [3.05, 3.63) is 47.9 Å². The van der Waals surface area contributed by atoms with E-state index in [1.807, 2.05) is 18.0 Å². The molecule has 1 saturated heterocycles. The highest BCUT2D eigenvalue weighted by Gasteiger charge is 2.20. The van der Waals surface area contributed by atoms with Gasteiger partial charge in [-0.15, -0.1) is 11.8 Å². The second-order valence-electron chi connectivity index (χ2n) is 8.13. The van der Waals surface area contributed by atoms with Crippen LogP contribution in [0.15, 0.2) is 41.7 Å². The van der Waals surface area contributed by atoms with E-state index in [2.05, 4.69) is 41.9 Å². The van der Waals surface area contributed by atoms with Crippen LogP contribution in [-0.2, 0) is 16.1 Å². The minimum atomic E-state index is 0.0343. The molecule has 5 nitrogen and oxygen atoms in total. The molecule has 6 heteroatoms. The number of hydrogen-bond acceptors (Lipinski definition) is 6. The van der Waals surface area contributed by atoms with Gasteiger partial charge in [-0.1, -0.05) is 26.0 Å². The molecule has 31 heavy (non-hydrogen) atoms. The number of allylic oxidation sites excluding steroid dienone is 1. The molecule has 3 heterocycles. The summed E-state index contributed by atoms with van der Waals surface area (Å²) in [7, 11) is 0. The molecular formula is C25H35N3O2S. The van der Waals surface area contributed by atoms with Crippen molar-refractivity contribution in [2.45, 2.75) is 58.9 Å². The van der Waals surface area contributed by atoms with Gasteiger partial charge in [-0.2, -0.15) is 0 Å². The van der Waals surface area contributed by atoms with Gasteiger partial charge in [-0.05, 0) is 74.6 Å².